The third kappa shape index (κ3) is 3.60. The molecular formula is C19H22FN3OS. The molecule has 2 unspecified atom stereocenters. The van der Waals surface area contributed by atoms with Crippen LogP contribution in [-0.4, -0.2) is 26.9 Å². The van der Waals surface area contributed by atoms with E-state index in [0.29, 0.717) is 0 Å². The van der Waals surface area contributed by atoms with Crippen molar-refractivity contribution < 1.29 is 9.50 Å². The zero-order valence-corrected chi connectivity index (χ0v) is 15.6. The molecular weight excluding hydrogens is 337 g/mol. The van der Waals surface area contributed by atoms with Crippen LogP contribution >= 0.6 is 11.3 Å². The van der Waals surface area contributed by atoms with Gasteiger partial charge in [-0.1, -0.05) is 12.2 Å². The average molecular weight is 359 g/mol. The van der Waals surface area contributed by atoms with E-state index in [1.165, 1.54) is 6.07 Å². The molecule has 0 bridgehead atoms. The van der Waals surface area contributed by atoms with Gasteiger partial charge in [-0.05, 0) is 56.8 Å². The maximum absolute atomic E-state index is 13.6. The van der Waals surface area contributed by atoms with Crippen LogP contribution in [0.1, 0.15) is 25.1 Å². The number of halogens is 1. The topological polar surface area (TPSA) is 50.1 Å². The molecule has 0 amide bonds. The van der Waals surface area contributed by atoms with Gasteiger partial charge < -0.3 is 10.5 Å². The van der Waals surface area contributed by atoms with Crippen LogP contribution in [0.4, 0.5) is 4.39 Å². The third-order valence-corrected chi connectivity index (χ3v) is 5.36. The molecule has 0 fully saturated rings. The summed E-state index contributed by atoms with van der Waals surface area (Å²) >= 11 is 1.64. The number of aromatic nitrogens is 2. The fraction of sp³-hybridized carbons (Fsp3) is 0.316. The van der Waals surface area contributed by atoms with Crippen LogP contribution < -0.4 is 5.43 Å². The van der Waals surface area contributed by atoms with Gasteiger partial charge in [-0.3, -0.25) is 0 Å². The second kappa shape index (κ2) is 6.98. The Morgan fingerprint density at radius 2 is 2.04 bits per heavy atom. The van der Waals surface area contributed by atoms with Crippen molar-refractivity contribution in [1.29, 1.82) is 0 Å². The molecule has 2 atom stereocenters. The van der Waals surface area contributed by atoms with Crippen LogP contribution in [0.3, 0.4) is 0 Å². The van der Waals surface area contributed by atoms with Gasteiger partial charge in [0.05, 0.1) is 22.7 Å². The molecule has 6 heteroatoms. The van der Waals surface area contributed by atoms with E-state index in [-0.39, 0.29) is 11.9 Å². The number of fused-ring (bicyclic) bond motifs is 1. The third-order valence-electron chi connectivity index (χ3n) is 4.08. The first-order valence-electron chi connectivity index (χ1n) is 8.22. The molecule has 3 aromatic rings. The summed E-state index contributed by atoms with van der Waals surface area (Å²) in [6, 6.07) is 4.92. The van der Waals surface area contributed by atoms with Crippen LogP contribution in [0.2, 0.25) is 0 Å². The first kappa shape index (κ1) is 17.6. The van der Waals surface area contributed by atoms with E-state index in [4.69, 9.17) is 0 Å². The molecule has 0 saturated carbocycles. The molecule has 0 aliphatic heterocycles. The van der Waals surface area contributed by atoms with Gasteiger partial charge in [0.15, 0.2) is 0 Å². The molecule has 0 aliphatic carbocycles. The highest BCUT2D eigenvalue weighted by Crippen LogP contribution is 2.39. The highest BCUT2D eigenvalue weighted by Gasteiger charge is 2.18. The number of aliphatic hydroxyl groups is 1. The quantitative estimate of drug-likeness (QED) is 0.664. The lowest BCUT2D eigenvalue weighted by Crippen LogP contribution is -2.23. The van der Waals surface area contributed by atoms with Crippen molar-refractivity contribution in [2.24, 2.45) is 0 Å². The zero-order chi connectivity index (χ0) is 18.1. The number of imidazole rings is 1. The van der Waals surface area contributed by atoms with Crippen molar-refractivity contribution in [3.63, 3.8) is 0 Å². The van der Waals surface area contributed by atoms with Gasteiger partial charge in [0.25, 0.3) is 0 Å². The molecule has 0 spiro atoms. The van der Waals surface area contributed by atoms with Gasteiger partial charge in [0, 0.05) is 4.70 Å². The standard InChI is InChI=1S/C19H22FN3OS/c1-11(5-6-12(2)24)22-23-10-21-14(4)18(23)19-13(3)16-9-15(20)7-8-17(16)25-19/h5-12,22,24H,1-4H3/b6-5+. The van der Waals surface area contributed by atoms with E-state index in [2.05, 4.69) is 10.4 Å². The van der Waals surface area contributed by atoms with Gasteiger partial charge in [0.2, 0.25) is 0 Å². The zero-order valence-electron chi connectivity index (χ0n) is 14.7. The van der Waals surface area contributed by atoms with Crippen LogP contribution in [0.5, 0.6) is 0 Å². The number of hydrogen-bond donors (Lipinski definition) is 2. The number of rotatable bonds is 5. The molecule has 4 nitrogen and oxygen atoms in total. The van der Waals surface area contributed by atoms with Gasteiger partial charge in [0.1, 0.15) is 17.8 Å². The number of nitrogens with one attached hydrogen (secondary N) is 1. The number of benzene rings is 1. The lowest BCUT2D eigenvalue weighted by Gasteiger charge is -2.15. The van der Waals surface area contributed by atoms with Gasteiger partial charge in [-0.15, -0.1) is 11.3 Å². The normalized spacial score (nSPS) is 14.3. The van der Waals surface area contributed by atoms with Gasteiger partial charge in [-0.2, -0.15) is 0 Å². The maximum Gasteiger partial charge on any atom is 0.123 e. The minimum atomic E-state index is -0.479. The molecule has 2 N–H and O–H groups in total. The van der Waals surface area contributed by atoms with E-state index in [1.54, 1.807) is 36.7 Å². The predicted octanol–water partition coefficient (Wildman–Crippen LogP) is 4.39. The smallest absolute Gasteiger partial charge is 0.123 e. The van der Waals surface area contributed by atoms with Crippen LogP contribution in [0, 0.1) is 19.7 Å². The van der Waals surface area contributed by atoms with E-state index in [0.717, 1.165) is 31.9 Å². The summed E-state index contributed by atoms with van der Waals surface area (Å²) in [5, 5.41) is 10.3. The Kier molecular flexibility index (Phi) is 4.92. The maximum atomic E-state index is 13.6. The highest BCUT2D eigenvalue weighted by molar-refractivity contribution is 7.22. The van der Waals surface area contributed by atoms with E-state index >= 15 is 0 Å². The Hall–Kier alpha value is -2.18. The molecule has 2 aromatic heterocycles. The Bertz CT molecular complexity index is 926. The second-order valence-corrected chi connectivity index (χ2v) is 7.34. The number of thiophene rings is 1. The van der Waals surface area contributed by atoms with Crippen molar-refractivity contribution in [3.8, 4) is 10.6 Å². The summed E-state index contributed by atoms with van der Waals surface area (Å²) in [6.07, 6.45) is 4.93. The Morgan fingerprint density at radius 3 is 2.76 bits per heavy atom. The molecule has 0 saturated heterocycles. The minimum absolute atomic E-state index is 0.0223. The van der Waals surface area contributed by atoms with Crippen molar-refractivity contribution in [1.82, 2.24) is 9.66 Å². The summed E-state index contributed by atoms with van der Waals surface area (Å²) < 4.78 is 16.6. The summed E-state index contributed by atoms with van der Waals surface area (Å²) in [5.41, 5.74) is 6.31. The average Bonchev–Trinajstić information content (AvgIpc) is 3.06. The Morgan fingerprint density at radius 1 is 1.28 bits per heavy atom. The molecule has 25 heavy (non-hydrogen) atoms. The fourth-order valence-corrected chi connectivity index (χ4v) is 4.10. The lowest BCUT2D eigenvalue weighted by molar-refractivity contribution is 0.243. The molecule has 0 aliphatic rings. The van der Waals surface area contributed by atoms with Crippen LogP contribution in [-0.2, 0) is 0 Å². The molecule has 132 valence electrons. The number of hydrogen-bond acceptors (Lipinski definition) is 4. The summed E-state index contributed by atoms with van der Waals surface area (Å²) in [7, 11) is 0. The van der Waals surface area contributed by atoms with Gasteiger partial charge >= 0.3 is 0 Å². The predicted molar refractivity (Wildman–Crippen MR) is 102 cm³/mol. The summed E-state index contributed by atoms with van der Waals surface area (Å²) in [5.74, 6) is -0.222. The number of aliphatic hydroxyl groups excluding tert-OH is 1. The second-order valence-electron chi connectivity index (χ2n) is 6.29. The fourth-order valence-electron chi connectivity index (χ4n) is 2.82. The largest absolute Gasteiger partial charge is 0.389 e. The first-order chi connectivity index (χ1) is 11.9. The Balaban J connectivity index is 2.01. The van der Waals surface area contributed by atoms with Crippen molar-refractivity contribution in [2.45, 2.75) is 39.8 Å². The van der Waals surface area contributed by atoms with E-state index in [1.807, 2.05) is 37.6 Å². The van der Waals surface area contributed by atoms with E-state index in [9.17, 15) is 9.50 Å². The molecule has 1 aromatic carbocycles. The SMILES string of the molecule is Cc1ncn(NC(C)/C=C/C(C)O)c1-c1sc2ccc(F)cc2c1C. The minimum Gasteiger partial charge on any atom is -0.389 e. The lowest BCUT2D eigenvalue weighted by atomic mass is 10.1. The first-order valence-corrected chi connectivity index (χ1v) is 9.04. The Labute approximate surface area is 150 Å². The van der Waals surface area contributed by atoms with Crippen molar-refractivity contribution in [2.75, 3.05) is 5.43 Å². The summed E-state index contributed by atoms with van der Waals surface area (Å²) in [4.78, 5) is 5.51. The molecule has 0 radical (unpaired) electrons. The monoisotopic (exact) mass is 359 g/mol. The molecule has 2 heterocycles. The van der Waals surface area contributed by atoms with Crippen molar-refractivity contribution >= 4 is 21.4 Å². The summed E-state index contributed by atoms with van der Waals surface area (Å²) in [6.45, 7) is 7.70. The van der Waals surface area contributed by atoms with Crippen molar-refractivity contribution in [3.05, 3.63) is 53.8 Å². The number of aryl methyl sites for hydroxylation is 2. The highest BCUT2D eigenvalue weighted by atomic mass is 32.1. The van der Waals surface area contributed by atoms with Crippen LogP contribution in [0.15, 0.2) is 36.7 Å². The number of nitrogens with zero attached hydrogens (tertiary/aromatic N) is 2. The molecule has 3 rings (SSSR count). The van der Waals surface area contributed by atoms with E-state index < -0.39 is 6.10 Å². The van der Waals surface area contributed by atoms with Crippen LogP contribution in [0.25, 0.3) is 20.7 Å². The van der Waals surface area contributed by atoms with Gasteiger partial charge in [-0.25, -0.2) is 14.1 Å².